The van der Waals surface area contributed by atoms with E-state index in [2.05, 4.69) is 5.32 Å². The summed E-state index contributed by atoms with van der Waals surface area (Å²) in [5.41, 5.74) is 1.72. The van der Waals surface area contributed by atoms with Gasteiger partial charge in [0, 0.05) is 25.2 Å². The van der Waals surface area contributed by atoms with Crippen LogP contribution >= 0.6 is 0 Å². The molecule has 1 atom stereocenters. The number of ether oxygens (including phenoxy) is 2. The van der Waals surface area contributed by atoms with Crippen molar-refractivity contribution in [1.29, 1.82) is 0 Å². The zero-order valence-corrected chi connectivity index (χ0v) is 17.2. The van der Waals surface area contributed by atoms with Gasteiger partial charge in [0.25, 0.3) is 0 Å². The van der Waals surface area contributed by atoms with Gasteiger partial charge < -0.3 is 19.7 Å². The fraction of sp³-hybridized carbons (Fsp3) is 0.391. The molecule has 0 bridgehead atoms. The number of para-hydroxylation sites is 3. The van der Waals surface area contributed by atoms with Crippen LogP contribution in [0.4, 0.5) is 10.5 Å². The molecule has 0 aliphatic carbocycles. The summed E-state index contributed by atoms with van der Waals surface area (Å²) in [7, 11) is 1.62. The lowest BCUT2D eigenvalue weighted by molar-refractivity contribution is -0.126. The Hall–Kier alpha value is -3.22. The number of likely N-dealkylation sites (tertiary alicyclic amines) is 1. The molecule has 0 unspecified atom stereocenters. The minimum atomic E-state index is -0.214. The molecule has 2 aromatic rings. The van der Waals surface area contributed by atoms with E-state index in [1.54, 1.807) is 16.9 Å². The molecule has 1 saturated heterocycles. The standard InChI is InChI=1S/C23H27N3O4/c1-29-20-10-4-2-7-17(20)15-24-22(27)18-8-6-12-25(16-18)23(28)26-13-14-30-21-11-5-3-9-19(21)26/h2-5,7,9-11,18H,6,8,12-16H2,1H3,(H,24,27)/t18-/m1/s1. The molecule has 0 spiro atoms. The smallest absolute Gasteiger partial charge is 0.324 e. The summed E-state index contributed by atoms with van der Waals surface area (Å²) in [4.78, 5) is 29.5. The molecule has 0 aromatic heterocycles. The van der Waals surface area contributed by atoms with Gasteiger partial charge in [-0.15, -0.1) is 0 Å². The first-order valence-corrected chi connectivity index (χ1v) is 10.3. The number of rotatable bonds is 4. The molecule has 7 nitrogen and oxygen atoms in total. The van der Waals surface area contributed by atoms with E-state index in [0.29, 0.717) is 32.8 Å². The van der Waals surface area contributed by atoms with Crippen LogP contribution < -0.4 is 19.7 Å². The molecule has 1 N–H and O–H groups in total. The van der Waals surface area contributed by atoms with Crippen molar-refractivity contribution >= 4 is 17.6 Å². The van der Waals surface area contributed by atoms with Gasteiger partial charge in [-0.3, -0.25) is 9.69 Å². The van der Waals surface area contributed by atoms with Crippen molar-refractivity contribution in [2.24, 2.45) is 5.92 Å². The topological polar surface area (TPSA) is 71.1 Å². The Morgan fingerprint density at radius 1 is 1.13 bits per heavy atom. The molecule has 7 heteroatoms. The number of piperidine rings is 1. The summed E-state index contributed by atoms with van der Waals surface area (Å²) in [6, 6.07) is 15.1. The van der Waals surface area contributed by atoms with Crippen LogP contribution in [-0.4, -0.2) is 50.2 Å². The highest BCUT2D eigenvalue weighted by molar-refractivity contribution is 5.94. The summed E-state index contributed by atoms with van der Waals surface area (Å²) >= 11 is 0. The largest absolute Gasteiger partial charge is 0.496 e. The zero-order chi connectivity index (χ0) is 20.9. The Bertz CT molecular complexity index is 917. The predicted octanol–water partition coefficient (Wildman–Crippen LogP) is 3.04. The van der Waals surface area contributed by atoms with Gasteiger partial charge >= 0.3 is 6.03 Å². The first kappa shape index (κ1) is 20.1. The third-order valence-corrected chi connectivity index (χ3v) is 5.67. The van der Waals surface area contributed by atoms with Crippen molar-refractivity contribution in [3.05, 3.63) is 54.1 Å². The van der Waals surface area contributed by atoms with E-state index in [0.717, 1.165) is 35.6 Å². The maximum atomic E-state index is 13.2. The molecule has 2 heterocycles. The molecule has 30 heavy (non-hydrogen) atoms. The summed E-state index contributed by atoms with van der Waals surface area (Å²) < 4.78 is 11.0. The quantitative estimate of drug-likeness (QED) is 0.843. The number of urea groups is 1. The van der Waals surface area contributed by atoms with Crippen LogP contribution in [0.15, 0.2) is 48.5 Å². The monoisotopic (exact) mass is 409 g/mol. The van der Waals surface area contributed by atoms with Gasteiger partial charge in [0.15, 0.2) is 0 Å². The number of anilines is 1. The molecular formula is C23H27N3O4. The molecule has 158 valence electrons. The average molecular weight is 409 g/mol. The molecule has 0 radical (unpaired) electrons. The number of carbonyl (C=O) groups is 2. The molecule has 3 amide bonds. The average Bonchev–Trinajstić information content (AvgIpc) is 2.82. The van der Waals surface area contributed by atoms with E-state index < -0.39 is 0 Å². The Labute approximate surface area is 176 Å². The number of nitrogens with one attached hydrogen (secondary N) is 1. The summed E-state index contributed by atoms with van der Waals surface area (Å²) in [5.74, 6) is 1.24. The van der Waals surface area contributed by atoms with E-state index >= 15 is 0 Å². The number of fused-ring (bicyclic) bond motifs is 1. The first-order chi connectivity index (χ1) is 14.7. The molecule has 1 fully saturated rings. The lowest BCUT2D eigenvalue weighted by atomic mass is 9.97. The molecule has 0 saturated carbocycles. The van der Waals surface area contributed by atoms with E-state index in [4.69, 9.17) is 9.47 Å². The van der Waals surface area contributed by atoms with Gasteiger partial charge in [-0.05, 0) is 31.0 Å². The molecule has 2 aromatic carbocycles. The number of methoxy groups -OCH3 is 1. The Morgan fingerprint density at radius 2 is 1.93 bits per heavy atom. The number of hydrogen-bond donors (Lipinski definition) is 1. The summed E-state index contributed by atoms with van der Waals surface area (Å²) in [6.07, 6.45) is 1.59. The van der Waals surface area contributed by atoms with Crippen molar-refractivity contribution in [3.63, 3.8) is 0 Å². The second-order valence-electron chi connectivity index (χ2n) is 7.57. The van der Waals surface area contributed by atoms with Crippen LogP contribution in [0.2, 0.25) is 0 Å². The highest BCUT2D eigenvalue weighted by atomic mass is 16.5. The van der Waals surface area contributed by atoms with E-state index in [-0.39, 0.29) is 17.9 Å². The first-order valence-electron chi connectivity index (χ1n) is 10.3. The van der Waals surface area contributed by atoms with Crippen LogP contribution in [0.5, 0.6) is 11.5 Å². The van der Waals surface area contributed by atoms with Crippen molar-refractivity contribution in [2.45, 2.75) is 19.4 Å². The van der Waals surface area contributed by atoms with Gasteiger partial charge in [0.1, 0.15) is 18.1 Å². The van der Waals surface area contributed by atoms with Crippen molar-refractivity contribution in [2.75, 3.05) is 38.3 Å². The maximum absolute atomic E-state index is 13.2. The van der Waals surface area contributed by atoms with Gasteiger partial charge in [-0.1, -0.05) is 30.3 Å². The second-order valence-corrected chi connectivity index (χ2v) is 7.57. The summed E-state index contributed by atoms with van der Waals surface area (Å²) in [6.45, 7) is 2.48. The van der Waals surface area contributed by atoms with E-state index in [1.807, 2.05) is 48.5 Å². The lowest BCUT2D eigenvalue weighted by Gasteiger charge is -2.37. The van der Waals surface area contributed by atoms with Crippen molar-refractivity contribution in [3.8, 4) is 11.5 Å². The van der Waals surface area contributed by atoms with Gasteiger partial charge in [-0.25, -0.2) is 4.79 Å². The molecular weight excluding hydrogens is 382 g/mol. The van der Waals surface area contributed by atoms with Crippen LogP contribution in [0.3, 0.4) is 0 Å². The Balaban J connectivity index is 1.38. The van der Waals surface area contributed by atoms with E-state index in [1.165, 1.54) is 0 Å². The third-order valence-electron chi connectivity index (χ3n) is 5.67. The number of hydrogen-bond acceptors (Lipinski definition) is 4. The van der Waals surface area contributed by atoms with Gasteiger partial charge in [0.2, 0.25) is 5.91 Å². The fourth-order valence-corrected chi connectivity index (χ4v) is 4.08. The van der Waals surface area contributed by atoms with Crippen LogP contribution in [0, 0.1) is 5.92 Å². The third kappa shape index (κ3) is 4.20. The maximum Gasteiger partial charge on any atom is 0.324 e. The molecule has 2 aliphatic rings. The Kier molecular flexibility index (Phi) is 6.07. The van der Waals surface area contributed by atoms with E-state index in [9.17, 15) is 9.59 Å². The molecule has 2 aliphatic heterocycles. The highest BCUT2D eigenvalue weighted by Gasteiger charge is 2.33. The van der Waals surface area contributed by atoms with Crippen LogP contribution in [0.25, 0.3) is 0 Å². The highest BCUT2D eigenvalue weighted by Crippen LogP contribution is 2.32. The minimum absolute atomic E-state index is 0.0271. The predicted molar refractivity (Wildman–Crippen MR) is 114 cm³/mol. The SMILES string of the molecule is COc1ccccc1CNC(=O)[C@@H]1CCCN(C(=O)N2CCOc3ccccc32)C1. The normalized spacial score (nSPS) is 18.2. The lowest BCUT2D eigenvalue weighted by Crippen LogP contribution is -2.52. The number of nitrogens with zero attached hydrogens (tertiary/aromatic N) is 2. The number of benzene rings is 2. The van der Waals surface area contributed by atoms with Crippen LogP contribution in [0.1, 0.15) is 18.4 Å². The van der Waals surface area contributed by atoms with Crippen LogP contribution in [-0.2, 0) is 11.3 Å². The summed E-state index contributed by atoms with van der Waals surface area (Å²) in [5, 5.41) is 3.01. The van der Waals surface area contributed by atoms with Gasteiger partial charge in [0.05, 0.1) is 25.3 Å². The number of carbonyl (C=O) groups excluding carboxylic acids is 2. The fourth-order valence-electron chi connectivity index (χ4n) is 4.08. The number of amides is 3. The Morgan fingerprint density at radius 3 is 2.80 bits per heavy atom. The zero-order valence-electron chi connectivity index (χ0n) is 17.2. The van der Waals surface area contributed by atoms with Gasteiger partial charge in [-0.2, -0.15) is 0 Å². The van der Waals surface area contributed by atoms with Crippen molar-refractivity contribution < 1.29 is 19.1 Å². The molecule has 4 rings (SSSR count). The van der Waals surface area contributed by atoms with Crippen molar-refractivity contribution in [1.82, 2.24) is 10.2 Å². The second kappa shape index (κ2) is 9.07. The minimum Gasteiger partial charge on any atom is -0.496 e.